The Morgan fingerprint density at radius 2 is 1.65 bits per heavy atom. The Kier molecular flexibility index (Phi) is 6.34. The van der Waals surface area contributed by atoms with Gasteiger partial charge < -0.3 is 15.4 Å². The van der Waals surface area contributed by atoms with Crippen molar-refractivity contribution in [3.05, 3.63) is 87.7 Å². The van der Waals surface area contributed by atoms with Crippen molar-refractivity contribution in [1.82, 2.24) is 0 Å². The third-order valence-corrected chi connectivity index (χ3v) is 6.94. The SMILES string of the molecule is COc1ccccc1CC(=O)Nc1cccc(NC(=O)c2sc3ccccc3c2Br)c1. The molecule has 0 aliphatic heterocycles. The molecule has 4 rings (SSSR count). The number of ether oxygens (including phenoxy) is 1. The second kappa shape index (κ2) is 9.32. The molecule has 0 fully saturated rings. The Labute approximate surface area is 192 Å². The zero-order chi connectivity index (χ0) is 21.8. The Bertz CT molecular complexity index is 1270. The van der Waals surface area contributed by atoms with Gasteiger partial charge in [0.05, 0.1) is 13.5 Å². The lowest BCUT2D eigenvalue weighted by molar-refractivity contribution is -0.115. The van der Waals surface area contributed by atoms with Crippen molar-refractivity contribution in [2.45, 2.75) is 6.42 Å². The van der Waals surface area contributed by atoms with Crippen LogP contribution in [0.2, 0.25) is 0 Å². The predicted molar refractivity (Wildman–Crippen MR) is 129 cm³/mol. The van der Waals surface area contributed by atoms with Crippen LogP contribution in [-0.4, -0.2) is 18.9 Å². The Hall–Kier alpha value is -3.16. The van der Waals surface area contributed by atoms with Gasteiger partial charge in [0, 0.05) is 31.5 Å². The van der Waals surface area contributed by atoms with E-state index in [1.165, 1.54) is 11.3 Å². The molecule has 1 heterocycles. The smallest absolute Gasteiger partial charge is 0.266 e. The number of rotatable bonds is 6. The van der Waals surface area contributed by atoms with Crippen LogP contribution >= 0.6 is 27.3 Å². The van der Waals surface area contributed by atoms with Crippen LogP contribution in [0.25, 0.3) is 10.1 Å². The fourth-order valence-electron chi connectivity index (χ4n) is 3.25. The number of carbonyl (C=O) groups excluding carboxylic acids is 2. The monoisotopic (exact) mass is 494 g/mol. The molecule has 0 radical (unpaired) electrons. The van der Waals surface area contributed by atoms with E-state index in [1.807, 2.05) is 48.5 Å². The average molecular weight is 495 g/mol. The number of halogens is 1. The van der Waals surface area contributed by atoms with Crippen LogP contribution in [-0.2, 0) is 11.2 Å². The molecule has 4 aromatic rings. The summed E-state index contributed by atoms with van der Waals surface area (Å²) in [5.41, 5.74) is 2.01. The minimum absolute atomic E-state index is 0.166. The molecule has 0 unspecified atom stereocenters. The summed E-state index contributed by atoms with van der Waals surface area (Å²) in [4.78, 5) is 25.9. The number of nitrogens with one attached hydrogen (secondary N) is 2. The van der Waals surface area contributed by atoms with Crippen molar-refractivity contribution >= 4 is 60.5 Å². The zero-order valence-electron chi connectivity index (χ0n) is 16.6. The summed E-state index contributed by atoms with van der Waals surface area (Å²) in [5.74, 6) is 0.304. The number of thiophene rings is 1. The fraction of sp³-hybridized carbons (Fsp3) is 0.0833. The standard InChI is InChI=1S/C24H19BrN2O3S/c1-30-19-11-4-2-7-15(19)13-21(28)26-16-8-6-9-17(14-16)27-24(29)23-22(25)18-10-3-5-12-20(18)31-23/h2-12,14H,13H2,1H3,(H,26,28)(H,27,29). The van der Waals surface area contributed by atoms with Gasteiger partial charge in [0.15, 0.2) is 0 Å². The maximum absolute atomic E-state index is 12.8. The Morgan fingerprint density at radius 1 is 0.935 bits per heavy atom. The largest absolute Gasteiger partial charge is 0.496 e. The number of anilines is 2. The van der Waals surface area contributed by atoms with Crippen molar-refractivity contribution in [2.24, 2.45) is 0 Å². The van der Waals surface area contributed by atoms with Crippen molar-refractivity contribution in [1.29, 1.82) is 0 Å². The van der Waals surface area contributed by atoms with Gasteiger partial charge in [0.25, 0.3) is 5.91 Å². The number of para-hydroxylation sites is 1. The number of fused-ring (bicyclic) bond motifs is 1. The van der Waals surface area contributed by atoms with E-state index >= 15 is 0 Å². The highest BCUT2D eigenvalue weighted by Gasteiger charge is 2.17. The van der Waals surface area contributed by atoms with E-state index < -0.39 is 0 Å². The molecule has 3 aromatic carbocycles. The van der Waals surface area contributed by atoms with E-state index in [9.17, 15) is 9.59 Å². The van der Waals surface area contributed by atoms with Crippen LogP contribution in [0, 0.1) is 0 Å². The van der Waals surface area contributed by atoms with Crippen LogP contribution in [0.3, 0.4) is 0 Å². The molecule has 0 saturated heterocycles. The molecule has 0 atom stereocenters. The number of amides is 2. The predicted octanol–water partition coefficient (Wildman–Crippen LogP) is 6.11. The molecular weight excluding hydrogens is 476 g/mol. The molecule has 0 bridgehead atoms. The molecule has 5 nitrogen and oxygen atoms in total. The summed E-state index contributed by atoms with van der Waals surface area (Å²) in [7, 11) is 1.58. The molecule has 2 N–H and O–H groups in total. The van der Waals surface area contributed by atoms with Crippen LogP contribution in [0.1, 0.15) is 15.2 Å². The highest BCUT2D eigenvalue weighted by atomic mass is 79.9. The van der Waals surface area contributed by atoms with E-state index in [4.69, 9.17) is 4.74 Å². The lowest BCUT2D eigenvalue weighted by Crippen LogP contribution is -2.15. The highest BCUT2D eigenvalue weighted by molar-refractivity contribution is 9.10. The van der Waals surface area contributed by atoms with Crippen molar-refractivity contribution < 1.29 is 14.3 Å². The number of methoxy groups -OCH3 is 1. The quantitative estimate of drug-likeness (QED) is 0.340. The third kappa shape index (κ3) is 4.78. The molecule has 0 saturated carbocycles. The van der Waals surface area contributed by atoms with Crippen LogP contribution in [0.15, 0.2) is 77.3 Å². The maximum Gasteiger partial charge on any atom is 0.266 e. The molecule has 31 heavy (non-hydrogen) atoms. The molecule has 7 heteroatoms. The number of hydrogen-bond donors (Lipinski definition) is 2. The van der Waals surface area contributed by atoms with Gasteiger partial charge in [-0.1, -0.05) is 42.5 Å². The molecular formula is C24H19BrN2O3S. The van der Waals surface area contributed by atoms with Gasteiger partial charge in [-0.3, -0.25) is 9.59 Å². The van der Waals surface area contributed by atoms with Crippen LogP contribution in [0.5, 0.6) is 5.75 Å². The topological polar surface area (TPSA) is 67.4 Å². The summed E-state index contributed by atoms with van der Waals surface area (Å²) in [6.45, 7) is 0. The Balaban J connectivity index is 1.46. The van der Waals surface area contributed by atoms with Gasteiger partial charge in [-0.25, -0.2) is 0 Å². The summed E-state index contributed by atoms with van der Waals surface area (Å²) in [6.07, 6.45) is 0.190. The molecule has 1 aromatic heterocycles. The summed E-state index contributed by atoms with van der Waals surface area (Å²) in [5, 5.41) is 6.80. The zero-order valence-corrected chi connectivity index (χ0v) is 19.0. The van der Waals surface area contributed by atoms with Gasteiger partial charge in [0.2, 0.25) is 5.91 Å². The highest BCUT2D eigenvalue weighted by Crippen LogP contribution is 2.35. The number of carbonyl (C=O) groups is 2. The van der Waals surface area contributed by atoms with Gasteiger partial charge >= 0.3 is 0 Å². The second-order valence-electron chi connectivity index (χ2n) is 6.81. The second-order valence-corrected chi connectivity index (χ2v) is 8.66. The fourth-order valence-corrected chi connectivity index (χ4v) is 5.14. The van der Waals surface area contributed by atoms with Crippen LogP contribution in [0.4, 0.5) is 11.4 Å². The third-order valence-electron chi connectivity index (χ3n) is 4.69. The van der Waals surface area contributed by atoms with E-state index in [0.717, 1.165) is 20.1 Å². The van der Waals surface area contributed by atoms with Gasteiger partial charge in [-0.2, -0.15) is 0 Å². The van der Waals surface area contributed by atoms with Crippen LogP contribution < -0.4 is 15.4 Å². The molecule has 0 aliphatic rings. The van der Waals surface area contributed by atoms with E-state index in [-0.39, 0.29) is 18.2 Å². The first-order valence-corrected chi connectivity index (χ1v) is 11.2. The van der Waals surface area contributed by atoms with Crippen molar-refractivity contribution in [3.8, 4) is 5.75 Å². The summed E-state index contributed by atoms with van der Waals surface area (Å²) in [6, 6.07) is 22.4. The normalized spacial score (nSPS) is 10.6. The van der Waals surface area contributed by atoms with E-state index in [1.54, 1.807) is 31.4 Å². The van der Waals surface area contributed by atoms with Crippen molar-refractivity contribution in [3.63, 3.8) is 0 Å². The molecule has 156 valence electrons. The number of benzene rings is 3. The molecule has 0 spiro atoms. The minimum atomic E-state index is -0.203. The molecule has 2 amide bonds. The first-order chi connectivity index (χ1) is 15.0. The number of hydrogen-bond acceptors (Lipinski definition) is 4. The summed E-state index contributed by atoms with van der Waals surface area (Å²) >= 11 is 4.97. The lowest BCUT2D eigenvalue weighted by Gasteiger charge is -2.10. The van der Waals surface area contributed by atoms with E-state index in [2.05, 4.69) is 26.6 Å². The van der Waals surface area contributed by atoms with Gasteiger partial charge in [0.1, 0.15) is 10.6 Å². The molecule has 0 aliphatic carbocycles. The van der Waals surface area contributed by atoms with Gasteiger partial charge in [-0.15, -0.1) is 11.3 Å². The maximum atomic E-state index is 12.8. The van der Waals surface area contributed by atoms with Gasteiger partial charge in [-0.05, 0) is 46.3 Å². The first kappa shape index (κ1) is 21.1. The lowest BCUT2D eigenvalue weighted by atomic mass is 10.1. The Morgan fingerprint density at radius 3 is 2.42 bits per heavy atom. The first-order valence-electron chi connectivity index (χ1n) is 9.55. The minimum Gasteiger partial charge on any atom is -0.496 e. The van der Waals surface area contributed by atoms with E-state index in [0.29, 0.717) is 22.0 Å². The van der Waals surface area contributed by atoms with Crippen molar-refractivity contribution in [2.75, 3.05) is 17.7 Å². The summed E-state index contributed by atoms with van der Waals surface area (Å²) < 4.78 is 7.13. The average Bonchev–Trinajstić information content (AvgIpc) is 3.11.